The molecule has 6 rings (SSSR count). The molecule has 0 spiro atoms. The molecule has 0 saturated carbocycles. The summed E-state index contributed by atoms with van der Waals surface area (Å²) in [5.74, 6) is 1.31. The molecule has 0 saturated heterocycles. The molecule has 0 radical (unpaired) electrons. The van der Waals surface area contributed by atoms with Crippen molar-refractivity contribution in [3.63, 3.8) is 0 Å². The zero-order chi connectivity index (χ0) is 20.1. The molecular weight excluding hydrogens is 366 g/mol. The molecule has 144 valence electrons. The summed E-state index contributed by atoms with van der Waals surface area (Å²) in [6.07, 6.45) is 2.93. The molecule has 0 amide bonds. The quantitative estimate of drug-likeness (QED) is 0.349. The Bertz CT molecular complexity index is 1400. The number of benzene rings is 4. The van der Waals surface area contributed by atoms with Gasteiger partial charge in [-0.15, -0.1) is 10.2 Å². The van der Waals surface area contributed by atoms with Crippen molar-refractivity contribution in [1.82, 2.24) is 14.8 Å². The highest BCUT2D eigenvalue weighted by molar-refractivity contribution is 5.88. The molecule has 0 fully saturated rings. The number of hydrogen-bond donors (Lipinski definition) is 0. The van der Waals surface area contributed by atoms with E-state index in [-0.39, 0.29) is 0 Å². The summed E-state index contributed by atoms with van der Waals surface area (Å²) in [5, 5.41) is 11.2. The van der Waals surface area contributed by atoms with Gasteiger partial charge < -0.3 is 0 Å². The van der Waals surface area contributed by atoms with Crippen LogP contribution in [0.4, 0.5) is 0 Å². The van der Waals surface area contributed by atoms with Crippen molar-refractivity contribution >= 4 is 10.8 Å². The van der Waals surface area contributed by atoms with Gasteiger partial charge in [0, 0.05) is 17.0 Å². The van der Waals surface area contributed by atoms with E-state index in [0.717, 1.165) is 23.5 Å². The van der Waals surface area contributed by atoms with Crippen LogP contribution in [0.1, 0.15) is 30.4 Å². The van der Waals surface area contributed by atoms with Crippen molar-refractivity contribution in [2.45, 2.75) is 19.3 Å². The molecule has 5 aromatic rings. The lowest BCUT2D eigenvalue weighted by molar-refractivity contribution is 0.796. The fraction of sp³-hybridized carbons (Fsp3) is 0.111. The molecule has 0 aliphatic heterocycles. The van der Waals surface area contributed by atoms with Crippen LogP contribution in [0.2, 0.25) is 0 Å². The highest BCUT2D eigenvalue weighted by Crippen LogP contribution is 2.49. The smallest absolute Gasteiger partial charge is 0.168 e. The van der Waals surface area contributed by atoms with Crippen molar-refractivity contribution in [3.05, 3.63) is 102 Å². The Kier molecular flexibility index (Phi) is 3.81. The Morgan fingerprint density at radius 1 is 0.800 bits per heavy atom. The van der Waals surface area contributed by atoms with Crippen LogP contribution in [0.25, 0.3) is 39.0 Å². The highest BCUT2D eigenvalue weighted by atomic mass is 15.3. The maximum atomic E-state index is 4.50. The molecule has 1 heterocycles. The normalized spacial score (nSPS) is 14.6. The maximum absolute atomic E-state index is 4.50. The van der Waals surface area contributed by atoms with Crippen LogP contribution in [0.3, 0.4) is 0 Å². The number of hydrogen-bond acceptors (Lipinski definition) is 2. The standard InChI is InChI=1S/C27H21N3/c1-2-21-22-10-5-6-11-24(22)26-23(21)12-7-13-25(26)30-17-28-29-27(30)20-15-14-18-8-3-4-9-19(18)16-20/h3-17,21H,2H2,1H3. The van der Waals surface area contributed by atoms with Crippen LogP contribution in [0, 0.1) is 0 Å². The molecule has 0 bridgehead atoms. The summed E-state index contributed by atoms with van der Waals surface area (Å²) in [6, 6.07) is 30.3. The molecule has 0 N–H and O–H groups in total. The second-order valence-electron chi connectivity index (χ2n) is 7.88. The lowest BCUT2D eigenvalue weighted by Gasteiger charge is -2.14. The Morgan fingerprint density at radius 2 is 1.60 bits per heavy atom. The van der Waals surface area contributed by atoms with Gasteiger partial charge in [0.1, 0.15) is 6.33 Å². The predicted octanol–water partition coefficient (Wildman–Crippen LogP) is 6.61. The zero-order valence-corrected chi connectivity index (χ0v) is 16.8. The summed E-state index contributed by atoms with van der Waals surface area (Å²) in [7, 11) is 0. The molecule has 30 heavy (non-hydrogen) atoms. The van der Waals surface area contributed by atoms with E-state index >= 15 is 0 Å². The Balaban J connectivity index is 1.57. The Morgan fingerprint density at radius 3 is 2.50 bits per heavy atom. The van der Waals surface area contributed by atoms with Crippen LogP contribution in [0.15, 0.2) is 91.3 Å². The molecule has 3 nitrogen and oxygen atoms in total. The first-order valence-corrected chi connectivity index (χ1v) is 10.5. The largest absolute Gasteiger partial charge is 0.281 e. The summed E-state index contributed by atoms with van der Waals surface area (Å²) in [6.45, 7) is 2.27. The fourth-order valence-electron chi connectivity index (χ4n) is 4.91. The third kappa shape index (κ3) is 2.45. The third-order valence-corrected chi connectivity index (χ3v) is 6.28. The van der Waals surface area contributed by atoms with Crippen LogP contribution in [-0.2, 0) is 0 Å². The van der Waals surface area contributed by atoms with Gasteiger partial charge in [-0.3, -0.25) is 4.57 Å². The van der Waals surface area contributed by atoms with Crippen LogP contribution >= 0.6 is 0 Å². The van der Waals surface area contributed by atoms with Gasteiger partial charge in [0.05, 0.1) is 5.69 Å². The molecule has 3 heteroatoms. The van der Waals surface area contributed by atoms with E-state index in [0.29, 0.717) is 5.92 Å². The van der Waals surface area contributed by atoms with Crippen molar-refractivity contribution < 1.29 is 0 Å². The third-order valence-electron chi connectivity index (χ3n) is 6.28. The van der Waals surface area contributed by atoms with Gasteiger partial charge >= 0.3 is 0 Å². The van der Waals surface area contributed by atoms with Crippen molar-refractivity contribution in [3.8, 4) is 28.2 Å². The van der Waals surface area contributed by atoms with Gasteiger partial charge in [-0.1, -0.05) is 79.7 Å². The number of rotatable bonds is 3. The lowest BCUT2D eigenvalue weighted by Crippen LogP contribution is -2.00. The van der Waals surface area contributed by atoms with E-state index in [1.165, 1.54) is 33.0 Å². The van der Waals surface area contributed by atoms with Crippen molar-refractivity contribution in [2.24, 2.45) is 0 Å². The summed E-state index contributed by atoms with van der Waals surface area (Å²) in [4.78, 5) is 0. The van der Waals surface area contributed by atoms with Gasteiger partial charge in [-0.25, -0.2) is 0 Å². The van der Waals surface area contributed by atoms with Gasteiger partial charge in [0.15, 0.2) is 5.82 Å². The molecule has 1 unspecified atom stereocenters. The molecule has 1 aromatic heterocycles. The van der Waals surface area contributed by atoms with Crippen molar-refractivity contribution in [1.29, 1.82) is 0 Å². The average Bonchev–Trinajstić information content (AvgIpc) is 3.41. The number of aromatic nitrogens is 3. The van der Waals surface area contributed by atoms with E-state index in [9.17, 15) is 0 Å². The SMILES string of the molecule is CCC1c2ccccc2-c2c1cccc2-n1cnnc1-c1ccc2ccccc2c1. The second-order valence-corrected chi connectivity index (χ2v) is 7.88. The first-order valence-electron chi connectivity index (χ1n) is 10.5. The van der Waals surface area contributed by atoms with Crippen LogP contribution < -0.4 is 0 Å². The first-order chi connectivity index (χ1) is 14.8. The average molecular weight is 387 g/mol. The number of fused-ring (bicyclic) bond motifs is 4. The maximum Gasteiger partial charge on any atom is 0.168 e. The zero-order valence-electron chi connectivity index (χ0n) is 16.8. The second kappa shape index (κ2) is 6.67. The van der Waals surface area contributed by atoms with Crippen molar-refractivity contribution in [2.75, 3.05) is 0 Å². The highest BCUT2D eigenvalue weighted by Gasteiger charge is 2.30. The topological polar surface area (TPSA) is 30.7 Å². The van der Waals surface area contributed by atoms with Crippen LogP contribution in [0.5, 0.6) is 0 Å². The Labute approximate surface area is 175 Å². The Hall–Kier alpha value is -3.72. The minimum atomic E-state index is 0.441. The van der Waals surface area contributed by atoms with E-state index in [4.69, 9.17) is 0 Å². The first kappa shape index (κ1) is 17.2. The van der Waals surface area contributed by atoms with E-state index < -0.39 is 0 Å². The molecule has 1 atom stereocenters. The predicted molar refractivity (Wildman–Crippen MR) is 122 cm³/mol. The minimum Gasteiger partial charge on any atom is -0.281 e. The van der Waals surface area contributed by atoms with Gasteiger partial charge in [0.2, 0.25) is 0 Å². The molecule has 1 aliphatic carbocycles. The monoisotopic (exact) mass is 387 g/mol. The van der Waals surface area contributed by atoms with Gasteiger partial charge in [0.25, 0.3) is 0 Å². The van der Waals surface area contributed by atoms with E-state index in [1.54, 1.807) is 0 Å². The summed E-state index contributed by atoms with van der Waals surface area (Å²) >= 11 is 0. The molecule has 4 aromatic carbocycles. The van der Waals surface area contributed by atoms with Crippen LogP contribution in [-0.4, -0.2) is 14.8 Å². The minimum absolute atomic E-state index is 0.441. The summed E-state index contributed by atoms with van der Waals surface area (Å²) in [5.41, 5.74) is 7.67. The van der Waals surface area contributed by atoms with E-state index in [1.807, 2.05) is 6.33 Å². The van der Waals surface area contributed by atoms with E-state index in [2.05, 4.69) is 107 Å². The lowest BCUT2D eigenvalue weighted by atomic mass is 9.94. The van der Waals surface area contributed by atoms with Gasteiger partial charge in [-0.05, 0) is 46.0 Å². The number of nitrogens with zero attached hydrogens (tertiary/aromatic N) is 3. The van der Waals surface area contributed by atoms with Gasteiger partial charge in [-0.2, -0.15) is 0 Å². The molecule has 1 aliphatic rings. The summed E-state index contributed by atoms with van der Waals surface area (Å²) < 4.78 is 2.14. The fourth-order valence-corrected chi connectivity index (χ4v) is 4.91. The molecular formula is C27H21N3.